The highest BCUT2D eigenvalue weighted by molar-refractivity contribution is 6.32. The van der Waals surface area contributed by atoms with E-state index in [0.717, 1.165) is 5.69 Å². The van der Waals surface area contributed by atoms with Crippen LogP contribution in [0.2, 0.25) is 5.02 Å². The largest absolute Gasteiger partial charge is 0.495 e. The minimum absolute atomic E-state index is 0.0362. The number of rotatable bonds is 5. The van der Waals surface area contributed by atoms with E-state index in [1.54, 1.807) is 7.11 Å². The third-order valence-corrected chi connectivity index (χ3v) is 2.68. The van der Waals surface area contributed by atoms with E-state index in [-0.39, 0.29) is 6.04 Å². The fourth-order valence-electron chi connectivity index (χ4n) is 1.42. The Morgan fingerprint density at radius 2 is 2.19 bits per heavy atom. The number of methoxy groups -OCH3 is 1. The van der Waals surface area contributed by atoms with Crippen molar-refractivity contribution in [2.75, 3.05) is 32.1 Å². The molecule has 0 aliphatic carbocycles. The second-order valence-corrected chi connectivity index (χ2v) is 4.10. The quantitative estimate of drug-likeness (QED) is 0.812. The van der Waals surface area contributed by atoms with Crippen molar-refractivity contribution in [2.24, 2.45) is 11.5 Å². The molecule has 0 saturated carbocycles. The van der Waals surface area contributed by atoms with Gasteiger partial charge in [0.15, 0.2) is 0 Å². The molecule has 4 N–H and O–H groups in total. The maximum absolute atomic E-state index is 6.04. The summed E-state index contributed by atoms with van der Waals surface area (Å²) in [4.78, 5) is 2.02. The van der Waals surface area contributed by atoms with Gasteiger partial charge in [0.1, 0.15) is 5.75 Å². The molecule has 0 aliphatic heterocycles. The van der Waals surface area contributed by atoms with Gasteiger partial charge in [-0.2, -0.15) is 0 Å². The summed E-state index contributed by atoms with van der Waals surface area (Å²) in [7, 11) is 3.54. The van der Waals surface area contributed by atoms with E-state index >= 15 is 0 Å². The van der Waals surface area contributed by atoms with Crippen LogP contribution < -0.4 is 21.1 Å². The van der Waals surface area contributed by atoms with E-state index in [2.05, 4.69) is 0 Å². The first-order valence-electron chi connectivity index (χ1n) is 5.08. The highest BCUT2D eigenvalue weighted by atomic mass is 35.5. The van der Waals surface area contributed by atoms with Gasteiger partial charge >= 0.3 is 0 Å². The van der Waals surface area contributed by atoms with E-state index in [1.807, 2.05) is 30.1 Å². The van der Waals surface area contributed by atoms with Gasteiger partial charge in [-0.05, 0) is 18.2 Å². The molecule has 0 fully saturated rings. The molecule has 0 amide bonds. The lowest BCUT2D eigenvalue weighted by molar-refractivity contribution is 0.415. The van der Waals surface area contributed by atoms with Gasteiger partial charge in [0.25, 0.3) is 0 Å². The van der Waals surface area contributed by atoms with Crippen LogP contribution in [-0.2, 0) is 0 Å². The number of ether oxygens (including phenoxy) is 1. The summed E-state index contributed by atoms with van der Waals surface area (Å²) in [6.07, 6.45) is 0. The maximum Gasteiger partial charge on any atom is 0.137 e. The number of halogens is 1. The Balaban J connectivity index is 2.76. The van der Waals surface area contributed by atoms with Gasteiger partial charge in [-0.15, -0.1) is 0 Å². The van der Waals surface area contributed by atoms with Crippen molar-refractivity contribution in [2.45, 2.75) is 6.04 Å². The molecule has 1 aromatic carbocycles. The smallest absolute Gasteiger partial charge is 0.137 e. The lowest BCUT2D eigenvalue weighted by Crippen LogP contribution is -2.40. The van der Waals surface area contributed by atoms with Gasteiger partial charge in [0, 0.05) is 31.9 Å². The summed E-state index contributed by atoms with van der Waals surface area (Å²) < 4.78 is 5.09. The Labute approximate surface area is 101 Å². The topological polar surface area (TPSA) is 64.5 Å². The first-order valence-corrected chi connectivity index (χ1v) is 5.46. The highest BCUT2D eigenvalue weighted by Crippen LogP contribution is 2.28. The number of anilines is 1. The minimum atomic E-state index is -0.0362. The maximum atomic E-state index is 6.04. The first-order chi connectivity index (χ1) is 7.58. The molecule has 16 heavy (non-hydrogen) atoms. The second kappa shape index (κ2) is 5.94. The Morgan fingerprint density at radius 1 is 1.50 bits per heavy atom. The Bertz CT molecular complexity index is 346. The van der Waals surface area contributed by atoms with Crippen LogP contribution in [0.25, 0.3) is 0 Å². The van der Waals surface area contributed by atoms with Crippen molar-refractivity contribution in [3.63, 3.8) is 0 Å². The average molecular weight is 244 g/mol. The summed E-state index contributed by atoms with van der Waals surface area (Å²) in [6, 6.07) is 5.59. The summed E-state index contributed by atoms with van der Waals surface area (Å²) in [5.74, 6) is 0.668. The van der Waals surface area contributed by atoms with E-state index in [0.29, 0.717) is 23.9 Å². The summed E-state index contributed by atoms with van der Waals surface area (Å²) >= 11 is 6.04. The van der Waals surface area contributed by atoms with Gasteiger partial charge in [0.2, 0.25) is 0 Å². The van der Waals surface area contributed by atoms with Gasteiger partial charge in [-0.1, -0.05) is 11.6 Å². The SMILES string of the molecule is COc1ccc(N(C)CC(N)CN)cc1Cl. The Kier molecular flexibility index (Phi) is 4.86. The number of nitrogens with zero attached hydrogens (tertiary/aromatic N) is 1. The van der Waals surface area contributed by atoms with Crippen LogP contribution in [0.1, 0.15) is 0 Å². The van der Waals surface area contributed by atoms with Crippen LogP contribution in [0.3, 0.4) is 0 Å². The Hall–Kier alpha value is -0.970. The summed E-state index contributed by atoms with van der Waals surface area (Å²) in [5.41, 5.74) is 12.3. The highest BCUT2D eigenvalue weighted by Gasteiger charge is 2.08. The molecule has 0 aromatic heterocycles. The predicted molar refractivity (Wildman–Crippen MR) is 68.3 cm³/mol. The minimum Gasteiger partial charge on any atom is -0.495 e. The molecular weight excluding hydrogens is 226 g/mol. The van der Waals surface area contributed by atoms with Gasteiger partial charge in [-0.25, -0.2) is 0 Å². The monoisotopic (exact) mass is 243 g/mol. The molecule has 4 nitrogen and oxygen atoms in total. The zero-order chi connectivity index (χ0) is 12.1. The van der Waals surface area contributed by atoms with Crippen molar-refractivity contribution < 1.29 is 4.74 Å². The van der Waals surface area contributed by atoms with Gasteiger partial charge in [-0.3, -0.25) is 0 Å². The molecule has 0 spiro atoms. The molecule has 0 aliphatic rings. The van der Waals surface area contributed by atoms with Crippen LogP contribution in [0, 0.1) is 0 Å². The lowest BCUT2D eigenvalue weighted by Gasteiger charge is -2.23. The predicted octanol–water partition coefficient (Wildman–Crippen LogP) is 1.07. The van der Waals surface area contributed by atoms with Crippen molar-refractivity contribution in [1.29, 1.82) is 0 Å². The number of nitrogens with two attached hydrogens (primary N) is 2. The zero-order valence-electron chi connectivity index (χ0n) is 9.61. The van der Waals surface area contributed by atoms with Crippen molar-refractivity contribution >= 4 is 17.3 Å². The molecule has 0 radical (unpaired) electrons. The summed E-state index contributed by atoms with van der Waals surface area (Å²) in [6.45, 7) is 1.16. The van der Waals surface area contributed by atoms with Gasteiger partial charge < -0.3 is 21.1 Å². The fraction of sp³-hybridized carbons (Fsp3) is 0.455. The molecule has 1 rings (SSSR count). The molecule has 90 valence electrons. The van der Waals surface area contributed by atoms with Crippen LogP contribution >= 0.6 is 11.6 Å². The van der Waals surface area contributed by atoms with Crippen LogP contribution in [-0.4, -0.2) is 33.3 Å². The van der Waals surface area contributed by atoms with E-state index < -0.39 is 0 Å². The number of hydrogen-bond acceptors (Lipinski definition) is 4. The summed E-state index contributed by atoms with van der Waals surface area (Å²) in [5, 5.41) is 0.591. The Morgan fingerprint density at radius 3 is 2.69 bits per heavy atom. The van der Waals surface area contributed by atoms with E-state index in [4.69, 9.17) is 27.8 Å². The third-order valence-electron chi connectivity index (χ3n) is 2.39. The van der Waals surface area contributed by atoms with Crippen LogP contribution in [0.15, 0.2) is 18.2 Å². The van der Waals surface area contributed by atoms with Crippen LogP contribution in [0.5, 0.6) is 5.75 Å². The normalized spacial score (nSPS) is 12.3. The fourth-order valence-corrected chi connectivity index (χ4v) is 1.68. The average Bonchev–Trinajstić information content (AvgIpc) is 2.28. The third kappa shape index (κ3) is 3.27. The molecule has 0 saturated heterocycles. The number of benzene rings is 1. The molecule has 1 unspecified atom stereocenters. The van der Waals surface area contributed by atoms with Crippen molar-refractivity contribution in [3.8, 4) is 5.75 Å². The van der Waals surface area contributed by atoms with Gasteiger partial charge in [0.05, 0.1) is 12.1 Å². The number of hydrogen-bond donors (Lipinski definition) is 2. The zero-order valence-corrected chi connectivity index (χ0v) is 10.4. The standard InChI is InChI=1S/C11H18ClN3O/c1-15(7-8(14)6-13)9-3-4-11(16-2)10(12)5-9/h3-5,8H,6-7,13-14H2,1-2H3. The molecule has 0 heterocycles. The molecular formula is C11H18ClN3O. The van der Waals surface area contributed by atoms with Crippen LogP contribution in [0.4, 0.5) is 5.69 Å². The van der Waals surface area contributed by atoms with Crippen molar-refractivity contribution in [1.82, 2.24) is 0 Å². The van der Waals surface area contributed by atoms with E-state index in [1.165, 1.54) is 0 Å². The first kappa shape index (κ1) is 13.1. The molecule has 0 bridgehead atoms. The molecule has 1 aromatic rings. The molecule has 1 atom stereocenters. The van der Waals surface area contributed by atoms with E-state index in [9.17, 15) is 0 Å². The molecule has 5 heteroatoms. The second-order valence-electron chi connectivity index (χ2n) is 3.70. The number of likely N-dealkylation sites (N-methyl/N-ethyl adjacent to an activating group) is 1. The van der Waals surface area contributed by atoms with Crippen molar-refractivity contribution in [3.05, 3.63) is 23.2 Å². The lowest BCUT2D eigenvalue weighted by atomic mass is 10.2.